The zero-order chi connectivity index (χ0) is 29.1. The molecule has 0 saturated carbocycles. The number of unbranched alkanes of at least 4 members (excludes halogenated alkanes) is 11. The lowest BCUT2D eigenvalue weighted by atomic mass is 10.1. The quantitative estimate of drug-likeness (QED) is 0.105. The maximum absolute atomic E-state index is 11.8. The minimum Gasteiger partial charge on any atom is -0.464 e. The Kier molecular flexibility index (Phi) is 23.8. The zero-order valence-electron chi connectivity index (χ0n) is 24.2. The number of amides is 5. The van der Waals surface area contributed by atoms with Crippen LogP contribution in [-0.4, -0.2) is 55.7 Å². The molecule has 0 rings (SSSR count). The Balaban J connectivity index is 3.61. The van der Waals surface area contributed by atoms with Gasteiger partial charge >= 0.3 is 24.0 Å². The first-order chi connectivity index (χ1) is 18.8. The Labute approximate surface area is 234 Å². The van der Waals surface area contributed by atoms with E-state index in [0.29, 0.717) is 25.8 Å². The summed E-state index contributed by atoms with van der Waals surface area (Å²) >= 11 is 0. The van der Waals surface area contributed by atoms with Gasteiger partial charge in [0.05, 0.1) is 6.04 Å². The maximum Gasteiger partial charge on any atom is 0.329 e. The van der Waals surface area contributed by atoms with E-state index < -0.39 is 18.1 Å². The third-order valence-corrected chi connectivity index (χ3v) is 5.95. The van der Waals surface area contributed by atoms with Gasteiger partial charge in [0.25, 0.3) is 0 Å². The van der Waals surface area contributed by atoms with Crippen LogP contribution in [0.15, 0.2) is 0 Å². The average Bonchev–Trinajstić information content (AvgIpc) is 2.89. The van der Waals surface area contributed by atoms with E-state index in [4.69, 9.17) is 15.2 Å². The minimum atomic E-state index is -0.817. The fourth-order valence-corrected chi connectivity index (χ4v) is 3.71. The van der Waals surface area contributed by atoms with Crippen molar-refractivity contribution in [3.05, 3.63) is 0 Å². The Morgan fingerprint density at radius 2 is 1.10 bits per heavy atom. The van der Waals surface area contributed by atoms with Crippen LogP contribution in [-0.2, 0) is 23.9 Å². The first-order valence-electron chi connectivity index (χ1n) is 14.7. The van der Waals surface area contributed by atoms with Gasteiger partial charge in [-0.3, -0.25) is 25.0 Å². The highest BCUT2D eigenvalue weighted by atomic mass is 16.5. The van der Waals surface area contributed by atoms with Crippen molar-refractivity contribution in [1.82, 2.24) is 16.0 Å². The second-order valence-electron chi connectivity index (χ2n) is 9.88. The zero-order valence-corrected chi connectivity index (χ0v) is 24.2. The fraction of sp³-hybridized carbons (Fsp3) is 0.821. The summed E-state index contributed by atoms with van der Waals surface area (Å²) in [6.45, 7) is 4.50. The number of urea groups is 2. The third kappa shape index (κ3) is 25.4. The number of hydrogen-bond acceptors (Lipinski definition) is 8. The molecular weight excluding hydrogens is 504 g/mol. The van der Waals surface area contributed by atoms with Crippen LogP contribution in [0, 0.1) is 0 Å². The van der Waals surface area contributed by atoms with Gasteiger partial charge in [0.1, 0.15) is 13.2 Å². The van der Waals surface area contributed by atoms with E-state index in [1.165, 1.54) is 32.1 Å². The lowest BCUT2D eigenvalue weighted by Crippen LogP contribution is -2.46. The van der Waals surface area contributed by atoms with Gasteiger partial charge in [-0.25, -0.2) is 9.59 Å². The molecule has 0 radical (unpaired) electrons. The predicted molar refractivity (Wildman–Crippen MR) is 150 cm³/mol. The summed E-state index contributed by atoms with van der Waals surface area (Å²) in [5.41, 5.74) is 5.77. The summed E-state index contributed by atoms with van der Waals surface area (Å²) in [5, 5.41) is 6.87. The summed E-state index contributed by atoms with van der Waals surface area (Å²) in [5.74, 6) is -1.03. The first-order valence-corrected chi connectivity index (χ1v) is 14.7. The topological polar surface area (TPSA) is 166 Å². The van der Waals surface area contributed by atoms with Gasteiger partial charge in [0.15, 0.2) is 0 Å². The molecule has 11 nitrogen and oxygen atoms in total. The molecule has 0 heterocycles. The summed E-state index contributed by atoms with van der Waals surface area (Å²) in [6.07, 6.45) is 14.5. The summed E-state index contributed by atoms with van der Waals surface area (Å²) in [6, 6.07) is -2.00. The monoisotopic (exact) mass is 556 g/mol. The largest absolute Gasteiger partial charge is 0.464 e. The Morgan fingerprint density at radius 1 is 0.590 bits per heavy atom. The number of carbonyl (C=O) groups excluding carboxylic acids is 5. The van der Waals surface area contributed by atoms with E-state index in [0.717, 1.165) is 44.9 Å². The van der Waals surface area contributed by atoms with Crippen molar-refractivity contribution in [2.24, 2.45) is 5.73 Å². The molecule has 0 aliphatic rings. The second kappa shape index (κ2) is 25.6. The SMILES string of the molecule is CCCCCCCCCCC(=O)NC(=O)NC(=O)NCCCCCCCC(=O)OC[C@@H](N)COC(=O)CCC. The van der Waals surface area contributed by atoms with Gasteiger partial charge in [0, 0.05) is 25.8 Å². The summed E-state index contributed by atoms with van der Waals surface area (Å²) in [7, 11) is 0. The highest BCUT2D eigenvalue weighted by Crippen LogP contribution is 2.09. The normalized spacial score (nSPS) is 11.4. The Hall–Kier alpha value is -2.69. The van der Waals surface area contributed by atoms with E-state index in [1.54, 1.807) is 0 Å². The highest BCUT2D eigenvalue weighted by Gasteiger charge is 2.12. The highest BCUT2D eigenvalue weighted by molar-refractivity contribution is 6.01. The molecule has 0 aliphatic carbocycles. The molecule has 0 aromatic heterocycles. The lowest BCUT2D eigenvalue weighted by molar-refractivity contribution is -0.147. The number of nitrogens with one attached hydrogen (secondary N) is 3. The number of rotatable bonds is 23. The van der Waals surface area contributed by atoms with E-state index in [9.17, 15) is 24.0 Å². The van der Waals surface area contributed by atoms with Crippen LogP contribution in [0.25, 0.3) is 0 Å². The molecule has 0 unspecified atom stereocenters. The number of nitrogens with two attached hydrogens (primary N) is 1. The summed E-state index contributed by atoms with van der Waals surface area (Å²) in [4.78, 5) is 58.4. The van der Waals surface area contributed by atoms with Gasteiger partial charge in [-0.2, -0.15) is 0 Å². The molecule has 11 heteroatoms. The van der Waals surface area contributed by atoms with Crippen molar-refractivity contribution in [1.29, 1.82) is 0 Å². The molecular formula is C28H52N4O7. The molecule has 0 aliphatic heterocycles. The molecule has 0 aromatic carbocycles. The molecule has 0 aromatic rings. The van der Waals surface area contributed by atoms with Crippen molar-refractivity contribution >= 4 is 29.9 Å². The van der Waals surface area contributed by atoms with E-state index >= 15 is 0 Å². The van der Waals surface area contributed by atoms with Crippen molar-refractivity contribution in [2.45, 2.75) is 129 Å². The Morgan fingerprint density at radius 3 is 1.69 bits per heavy atom. The molecule has 0 spiro atoms. The van der Waals surface area contributed by atoms with Crippen LogP contribution >= 0.6 is 0 Å². The number of hydrogen-bond donors (Lipinski definition) is 4. The first kappa shape index (κ1) is 36.3. The number of ether oxygens (including phenoxy) is 2. The molecule has 39 heavy (non-hydrogen) atoms. The van der Waals surface area contributed by atoms with Gasteiger partial charge in [-0.15, -0.1) is 0 Å². The number of imide groups is 2. The maximum atomic E-state index is 11.8. The van der Waals surface area contributed by atoms with Crippen molar-refractivity contribution < 1.29 is 33.4 Å². The summed E-state index contributed by atoms with van der Waals surface area (Å²) < 4.78 is 10.1. The van der Waals surface area contributed by atoms with Crippen LogP contribution in [0.2, 0.25) is 0 Å². The molecule has 0 fully saturated rings. The number of carbonyl (C=O) groups is 5. The van der Waals surface area contributed by atoms with Gasteiger partial charge in [-0.05, 0) is 25.7 Å². The van der Waals surface area contributed by atoms with Crippen molar-refractivity contribution in [3.63, 3.8) is 0 Å². The minimum absolute atomic E-state index is 0.0113. The molecule has 0 saturated heterocycles. The van der Waals surface area contributed by atoms with Gasteiger partial charge < -0.3 is 20.5 Å². The standard InChI is InChI=1S/C28H52N4O7/c1-3-5-6-7-8-9-11-14-18-24(33)31-28(37)32-27(36)30-20-16-13-10-12-15-19-26(35)39-22-23(29)21-38-25(34)17-4-2/h23H,3-22,29H2,1-2H3,(H3,30,31,32,33,36,37)/t23-/m0/s1. The van der Waals surface area contributed by atoms with Gasteiger partial charge in [-0.1, -0.05) is 78.1 Å². The molecule has 5 amide bonds. The number of esters is 2. The molecule has 0 bridgehead atoms. The molecule has 226 valence electrons. The molecule has 1 atom stereocenters. The van der Waals surface area contributed by atoms with E-state index in [2.05, 4.69) is 22.9 Å². The smallest absolute Gasteiger partial charge is 0.329 e. The van der Waals surface area contributed by atoms with E-state index in [1.807, 2.05) is 6.92 Å². The lowest BCUT2D eigenvalue weighted by Gasteiger charge is -2.12. The van der Waals surface area contributed by atoms with Crippen molar-refractivity contribution in [2.75, 3.05) is 19.8 Å². The molecule has 5 N–H and O–H groups in total. The average molecular weight is 557 g/mol. The van der Waals surface area contributed by atoms with Crippen LogP contribution in [0.3, 0.4) is 0 Å². The third-order valence-electron chi connectivity index (χ3n) is 5.95. The van der Waals surface area contributed by atoms with Crippen LogP contribution in [0.4, 0.5) is 9.59 Å². The van der Waals surface area contributed by atoms with Crippen LogP contribution < -0.4 is 21.7 Å². The fourth-order valence-electron chi connectivity index (χ4n) is 3.71. The van der Waals surface area contributed by atoms with E-state index in [-0.39, 0.29) is 43.9 Å². The van der Waals surface area contributed by atoms with Gasteiger partial charge in [0.2, 0.25) is 5.91 Å². The Bertz CT molecular complexity index is 703. The van der Waals surface area contributed by atoms with Crippen molar-refractivity contribution in [3.8, 4) is 0 Å². The van der Waals surface area contributed by atoms with Crippen LogP contribution in [0.5, 0.6) is 0 Å². The van der Waals surface area contributed by atoms with Crippen LogP contribution in [0.1, 0.15) is 123 Å². The predicted octanol–water partition coefficient (Wildman–Crippen LogP) is 4.61. The second-order valence-corrected chi connectivity index (χ2v) is 9.88.